The topological polar surface area (TPSA) is 51.0 Å². The zero-order valence-corrected chi connectivity index (χ0v) is 22.5. The summed E-state index contributed by atoms with van der Waals surface area (Å²) < 4.78 is 5.21. The van der Waals surface area contributed by atoms with Gasteiger partial charge in [-0.05, 0) is 48.9 Å². The number of phenolic OH excluding ortho intramolecular Hbond substituents is 1. The Bertz CT molecular complexity index is 883. The number of aliphatic imine (C=N–C) groups is 1. The second-order valence-electron chi connectivity index (χ2n) is 5.39. The third kappa shape index (κ3) is 8.53. The normalized spacial score (nSPS) is 10.2. The van der Waals surface area contributed by atoms with Crippen molar-refractivity contribution in [1.82, 2.24) is 0 Å². The number of benzene rings is 3. The summed E-state index contributed by atoms with van der Waals surface area (Å²) in [6.45, 7) is 1.83. The first-order valence-electron chi connectivity index (χ1n) is 8.09. The van der Waals surface area contributed by atoms with Crippen molar-refractivity contribution in [1.29, 1.82) is 0 Å². The standard InChI is InChI=1S/C20H17NO3S.2HI.Zr/c1-15-12-19(25-24-23-18-10-6-3-7-11-18)13-16(20(15)22)14-21-17-8-4-2-5-9-17;;;/h2-14,22H,1H3;2*1H;/q;;;+2/p-2. The van der Waals surface area contributed by atoms with Gasteiger partial charge in [0.2, 0.25) is 0 Å². The molecule has 8 heteroatoms. The Hall–Kier alpha value is -0.417. The molecule has 0 unspecified atom stereocenters. The molecule has 3 aromatic rings. The Morgan fingerprint density at radius 3 is 2.25 bits per heavy atom. The first kappa shape index (κ1) is 23.9. The fourth-order valence-corrected chi connectivity index (χ4v) is 2.74. The number of aryl methyl sites for hydroxylation is 1. The van der Waals surface area contributed by atoms with E-state index in [0.29, 0.717) is 11.3 Å². The summed E-state index contributed by atoms with van der Waals surface area (Å²) >= 11 is 6.14. The van der Waals surface area contributed by atoms with Crippen LogP contribution in [0.4, 0.5) is 5.69 Å². The van der Waals surface area contributed by atoms with Crippen LogP contribution in [0.1, 0.15) is 11.1 Å². The molecular formula is C20H17I2NO3SZr. The van der Waals surface area contributed by atoms with E-state index < -0.39 is 0 Å². The molecule has 0 radical (unpaired) electrons. The van der Waals surface area contributed by atoms with E-state index in [2.05, 4.69) is 41.1 Å². The van der Waals surface area contributed by atoms with Gasteiger partial charge >= 0.3 is 50.9 Å². The molecule has 0 spiro atoms. The fraction of sp³-hybridized carbons (Fsp3) is 0.0500. The average molecular weight is 696 g/mol. The summed E-state index contributed by atoms with van der Waals surface area (Å²) in [6, 6.07) is 22.4. The maximum absolute atomic E-state index is 10.2. The second kappa shape index (κ2) is 13.7. The second-order valence-corrected chi connectivity index (χ2v) is 25.1. The van der Waals surface area contributed by atoms with E-state index in [0.717, 1.165) is 28.2 Å². The van der Waals surface area contributed by atoms with E-state index in [4.69, 9.17) is 9.22 Å². The van der Waals surface area contributed by atoms with Crippen LogP contribution >= 0.6 is 48.1 Å². The average Bonchev–Trinajstić information content (AvgIpc) is 2.72. The van der Waals surface area contributed by atoms with E-state index >= 15 is 0 Å². The molecule has 28 heavy (non-hydrogen) atoms. The van der Waals surface area contributed by atoms with Crippen LogP contribution in [0.25, 0.3) is 0 Å². The van der Waals surface area contributed by atoms with Crippen molar-refractivity contribution in [2.45, 2.75) is 11.8 Å². The summed E-state index contributed by atoms with van der Waals surface area (Å²) in [5.41, 5.74) is 2.18. The van der Waals surface area contributed by atoms with Crippen LogP contribution in [-0.2, 0) is 19.2 Å². The molecule has 0 amide bonds. The van der Waals surface area contributed by atoms with Crippen LogP contribution in [0.5, 0.6) is 11.5 Å². The molecule has 4 nitrogen and oxygen atoms in total. The number of aromatic hydroxyl groups is 1. The number of halogens is 2. The Kier molecular flexibility index (Phi) is 11.7. The number of nitrogens with zero attached hydrogens (tertiary/aromatic N) is 1. The van der Waals surface area contributed by atoms with Crippen LogP contribution in [0.2, 0.25) is 0 Å². The van der Waals surface area contributed by atoms with Crippen molar-refractivity contribution in [3.8, 4) is 11.5 Å². The summed E-state index contributed by atoms with van der Waals surface area (Å²) in [5, 5.41) is 10.2. The molecule has 0 bridgehead atoms. The number of hydrogen-bond acceptors (Lipinski definition) is 5. The van der Waals surface area contributed by atoms with E-state index in [9.17, 15) is 5.11 Å². The number of hydrogen-bond donors (Lipinski definition) is 1. The Labute approximate surface area is 199 Å². The van der Waals surface area contributed by atoms with Crippen molar-refractivity contribution in [2.75, 3.05) is 0 Å². The third-order valence-electron chi connectivity index (χ3n) is 3.42. The molecule has 144 valence electrons. The van der Waals surface area contributed by atoms with Gasteiger partial charge in [0.1, 0.15) is 5.75 Å². The molecule has 0 aromatic heterocycles. The maximum atomic E-state index is 10.2. The van der Waals surface area contributed by atoms with Gasteiger partial charge in [0.05, 0.1) is 17.7 Å². The van der Waals surface area contributed by atoms with Crippen molar-refractivity contribution in [3.63, 3.8) is 0 Å². The first-order valence-corrected chi connectivity index (χ1v) is 23.5. The Morgan fingerprint density at radius 1 is 1.00 bits per heavy atom. The molecular weight excluding hydrogens is 679 g/mol. The van der Waals surface area contributed by atoms with Crippen LogP contribution < -0.4 is 4.89 Å². The first-order chi connectivity index (χ1) is 13.6. The molecule has 0 saturated carbocycles. The van der Waals surface area contributed by atoms with Gasteiger partial charge in [0.25, 0.3) is 0 Å². The molecule has 1 N–H and O–H groups in total. The van der Waals surface area contributed by atoms with Gasteiger partial charge in [-0.2, -0.15) is 0 Å². The summed E-state index contributed by atoms with van der Waals surface area (Å²) in [7, 11) is 0. The van der Waals surface area contributed by atoms with E-state index in [1.807, 2.05) is 61.5 Å². The van der Waals surface area contributed by atoms with E-state index in [1.54, 1.807) is 24.4 Å². The summed E-state index contributed by atoms with van der Waals surface area (Å²) in [5.74, 6) is 0.823. The minimum absolute atomic E-state index is 0.170. The minimum atomic E-state index is 0.170. The zero-order valence-electron chi connectivity index (χ0n) is 14.9. The third-order valence-corrected chi connectivity index (χ3v) is 3.98. The van der Waals surface area contributed by atoms with Crippen molar-refractivity contribution < 1.29 is 29.2 Å². The van der Waals surface area contributed by atoms with E-state index in [1.165, 1.54) is 0 Å². The monoisotopic (exact) mass is 695 g/mol. The van der Waals surface area contributed by atoms with Gasteiger partial charge in [0, 0.05) is 16.7 Å². The Balaban J connectivity index is 0.000000878. The van der Waals surface area contributed by atoms with Crippen LogP contribution in [0.3, 0.4) is 0 Å². The SMILES string of the molecule is Cc1cc(SOOc2ccccc2)cc(C=Nc2ccccc2)c1O.[I][Zr][I]. The van der Waals surface area contributed by atoms with Gasteiger partial charge in [-0.15, -0.1) is 4.33 Å². The van der Waals surface area contributed by atoms with Crippen LogP contribution in [-0.4, -0.2) is 11.3 Å². The molecule has 0 aliphatic rings. The number of phenols is 1. The van der Waals surface area contributed by atoms with Crippen molar-refractivity contribution in [2.24, 2.45) is 4.99 Å². The van der Waals surface area contributed by atoms with Gasteiger partial charge in [-0.25, -0.2) is 0 Å². The van der Waals surface area contributed by atoms with Crippen molar-refractivity contribution in [3.05, 3.63) is 83.9 Å². The van der Waals surface area contributed by atoms with Crippen LogP contribution in [0.15, 0.2) is 82.7 Å². The van der Waals surface area contributed by atoms with Crippen LogP contribution in [0, 0.1) is 6.92 Å². The summed E-state index contributed by atoms with van der Waals surface area (Å²) in [4.78, 5) is 10.4. The summed E-state index contributed by atoms with van der Waals surface area (Å²) in [6.07, 6.45) is 1.64. The van der Waals surface area contributed by atoms with Gasteiger partial charge in [-0.3, -0.25) is 4.99 Å². The number of rotatable bonds is 6. The molecule has 0 aliphatic heterocycles. The molecule has 0 heterocycles. The fourth-order valence-electron chi connectivity index (χ4n) is 2.15. The Morgan fingerprint density at radius 2 is 1.61 bits per heavy atom. The molecule has 3 rings (SSSR count). The van der Waals surface area contributed by atoms with E-state index in [-0.39, 0.29) is 20.6 Å². The number of para-hydroxylation sites is 2. The van der Waals surface area contributed by atoms with Crippen molar-refractivity contribution >= 4 is 60.0 Å². The predicted octanol–water partition coefficient (Wildman–Crippen LogP) is 7.24. The predicted molar refractivity (Wildman–Crippen MR) is 129 cm³/mol. The van der Waals surface area contributed by atoms with Gasteiger partial charge < -0.3 is 9.99 Å². The zero-order chi connectivity index (χ0) is 20.2. The van der Waals surface area contributed by atoms with Gasteiger partial charge in [0.15, 0.2) is 5.75 Å². The molecule has 0 saturated heterocycles. The molecule has 3 aromatic carbocycles. The molecule has 0 fully saturated rings. The molecule has 0 atom stereocenters. The van der Waals surface area contributed by atoms with Gasteiger partial charge in [-0.1, -0.05) is 36.4 Å². The quantitative estimate of drug-likeness (QED) is 0.0972. The molecule has 0 aliphatic carbocycles.